The molecule has 7 heteroatoms. The van der Waals surface area contributed by atoms with Crippen molar-refractivity contribution in [3.8, 4) is 0 Å². The van der Waals surface area contributed by atoms with Crippen molar-refractivity contribution in [3.63, 3.8) is 0 Å². The van der Waals surface area contributed by atoms with E-state index in [-0.39, 0.29) is 16.6 Å². The summed E-state index contributed by atoms with van der Waals surface area (Å²) in [6.07, 6.45) is 0. The minimum absolute atomic E-state index is 0.166. The molecule has 4 rings (SSSR count). The summed E-state index contributed by atoms with van der Waals surface area (Å²) < 4.78 is 27.1. The summed E-state index contributed by atoms with van der Waals surface area (Å²) in [5, 5.41) is 3.12. The number of sulfonamides is 1. The van der Waals surface area contributed by atoms with E-state index in [0.29, 0.717) is 5.56 Å². The first-order valence-corrected chi connectivity index (χ1v) is 11.4. The van der Waals surface area contributed by atoms with Gasteiger partial charge in [-0.25, -0.2) is 8.42 Å². The summed E-state index contributed by atoms with van der Waals surface area (Å²) in [4.78, 5) is 17.7. The minimum Gasteiger partial charge on any atom is -0.341 e. The maximum absolute atomic E-state index is 13.2. The Hall–Kier alpha value is -3.45. The number of amides is 1. The molecule has 0 saturated carbocycles. The van der Waals surface area contributed by atoms with E-state index in [1.54, 1.807) is 25.1 Å². The standard InChI is InChI=1S/C24H23N3O3S/c1-17(25-22-20-15-9-10-16-21(20)31(29,30)27-22)23(28)26-24(2,18-11-5-3-6-12-18)19-13-7-4-8-14-19/h3-17H,1-2H3,(H,25,27)(H,26,28)/t17-/m0/s1. The molecular formula is C24H23N3O3S. The lowest BCUT2D eigenvalue weighted by Crippen LogP contribution is -2.47. The van der Waals surface area contributed by atoms with Crippen LogP contribution in [0.25, 0.3) is 0 Å². The smallest absolute Gasteiger partial charge is 0.263 e. The predicted octanol–water partition coefficient (Wildman–Crippen LogP) is 3.19. The number of hydrogen-bond donors (Lipinski definition) is 2. The first-order valence-electron chi connectivity index (χ1n) is 9.94. The van der Waals surface area contributed by atoms with E-state index in [1.165, 1.54) is 6.07 Å². The molecule has 2 N–H and O–H groups in total. The van der Waals surface area contributed by atoms with Crippen LogP contribution in [-0.4, -0.2) is 26.2 Å². The summed E-state index contributed by atoms with van der Waals surface area (Å²) in [5.74, 6) is -0.134. The second-order valence-corrected chi connectivity index (χ2v) is 9.25. The van der Waals surface area contributed by atoms with Gasteiger partial charge in [-0.05, 0) is 37.1 Å². The van der Waals surface area contributed by atoms with Gasteiger partial charge in [-0.15, -0.1) is 0 Å². The molecule has 0 radical (unpaired) electrons. The Labute approximate surface area is 182 Å². The maximum atomic E-state index is 13.2. The van der Waals surface area contributed by atoms with Gasteiger partial charge in [0.1, 0.15) is 11.9 Å². The van der Waals surface area contributed by atoms with E-state index in [2.05, 4.69) is 15.0 Å². The maximum Gasteiger partial charge on any atom is 0.263 e. The van der Waals surface area contributed by atoms with Crippen LogP contribution in [0, 0.1) is 0 Å². The van der Waals surface area contributed by atoms with Gasteiger partial charge in [-0.2, -0.15) is 0 Å². The van der Waals surface area contributed by atoms with Crippen LogP contribution < -0.4 is 10.0 Å². The van der Waals surface area contributed by atoms with Gasteiger partial charge in [0.25, 0.3) is 10.0 Å². The zero-order valence-electron chi connectivity index (χ0n) is 17.2. The highest BCUT2D eigenvalue weighted by Crippen LogP contribution is 2.29. The van der Waals surface area contributed by atoms with Gasteiger partial charge < -0.3 is 5.32 Å². The van der Waals surface area contributed by atoms with Gasteiger partial charge in [0.15, 0.2) is 0 Å². The Morgan fingerprint density at radius 2 is 1.42 bits per heavy atom. The van der Waals surface area contributed by atoms with Crippen LogP contribution >= 0.6 is 0 Å². The first kappa shape index (κ1) is 20.8. The molecule has 1 amide bonds. The molecule has 0 fully saturated rings. The number of rotatable bonds is 5. The monoisotopic (exact) mass is 433 g/mol. The molecule has 0 aromatic heterocycles. The number of nitrogens with zero attached hydrogens (tertiary/aromatic N) is 1. The van der Waals surface area contributed by atoms with E-state index in [1.807, 2.05) is 67.6 Å². The minimum atomic E-state index is -3.66. The molecule has 3 aromatic carbocycles. The van der Waals surface area contributed by atoms with E-state index in [4.69, 9.17) is 0 Å². The molecule has 0 aliphatic carbocycles. The molecule has 6 nitrogen and oxygen atoms in total. The van der Waals surface area contributed by atoms with Gasteiger partial charge in [-0.1, -0.05) is 72.8 Å². The molecule has 0 unspecified atom stereocenters. The molecule has 1 atom stereocenters. The lowest BCUT2D eigenvalue weighted by Gasteiger charge is -2.33. The molecule has 158 valence electrons. The Balaban J connectivity index is 1.65. The lowest BCUT2D eigenvalue weighted by atomic mass is 9.84. The third-order valence-corrected chi connectivity index (χ3v) is 6.84. The fourth-order valence-electron chi connectivity index (χ4n) is 3.69. The molecular weight excluding hydrogens is 410 g/mol. The normalized spacial score (nSPS) is 16.9. The highest BCUT2D eigenvalue weighted by atomic mass is 32.2. The van der Waals surface area contributed by atoms with Gasteiger partial charge in [0.2, 0.25) is 5.91 Å². The van der Waals surface area contributed by atoms with Crippen molar-refractivity contribution < 1.29 is 13.2 Å². The number of amidine groups is 1. The predicted molar refractivity (Wildman–Crippen MR) is 120 cm³/mol. The van der Waals surface area contributed by atoms with E-state index >= 15 is 0 Å². The Bertz CT molecular complexity index is 1200. The number of fused-ring (bicyclic) bond motifs is 1. The third kappa shape index (κ3) is 3.96. The van der Waals surface area contributed by atoms with Crippen molar-refractivity contribution in [2.24, 2.45) is 4.99 Å². The van der Waals surface area contributed by atoms with E-state index in [9.17, 15) is 13.2 Å². The zero-order valence-corrected chi connectivity index (χ0v) is 18.1. The molecule has 1 heterocycles. The lowest BCUT2D eigenvalue weighted by molar-refractivity contribution is -0.123. The number of carbonyl (C=O) groups is 1. The summed E-state index contributed by atoms with van der Waals surface area (Å²) in [6.45, 7) is 3.59. The number of aliphatic imine (C=N–C) groups is 1. The van der Waals surface area contributed by atoms with Crippen molar-refractivity contribution in [2.75, 3.05) is 0 Å². The fraction of sp³-hybridized carbons (Fsp3) is 0.167. The second-order valence-electron chi connectivity index (χ2n) is 7.60. The average molecular weight is 434 g/mol. The van der Waals surface area contributed by atoms with Gasteiger partial charge in [0, 0.05) is 5.56 Å². The fourth-order valence-corrected chi connectivity index (χ4v) is 4.93. The van der Waals surface area contributed by atoms with Gasteiger partial charge >= 0.3 is 0 Å². The number of benzene rings is 3. The summed E-state index contributed by atoms with van der Waals surface area (Å²) in [7, 11) is -3.66. The third-order valence-electron chi connectivity index (χ3n) is 5.44. The molecule has 1 aliphatic rings. The SMILES string of the molecule is C[C@H](N=C1NS(=O)(=O)c2ccccc21)C(=O)NC(C)(c1ccccc1)c1ccccc1. The van der Waals surface area contributed by atoms with Crippen LogP contribution in [-0.2, 0) is 20.4 Å². The largest absolute Gasteiger partial charge is 0.341 e. The molecule has 31 heavy (non-hydrogen) atoms. The topological polar surface area (TPSA) is 87.6 Å². The Morgan fingerprint density at radius 3 is 2.00 bits per heavy atom. The van der Waals surface area contributed by atoms with Gasteiger partial charge in [-0.3, -0.25) is 14.5 Å². The Kier molecular flexibility index (Phi) is 5.37. The van der Waals surface area contributed by atoms with Crippen LogP contribution in [0.3, 0.4) is 0 Å². The molecule has 0 bridgehead atoms. The van der Waals surface area contributed by atoms with Crippen LogP contribution in [0.5, 0.6) is 0 Å². The number of nitrogens with one attached hydrogen (secondary N) is 2. The molecule has 0 saturated heterocycles. The summed E-state index contributed by atoms with van der Waals surface area (Å²) in [5.41, 5.74) is 1.56. The zero-order chi connectivity index (χ0) is 22.1. The van der Waals surface area contributed by atoms with Crippen LogP contribution in [0.4, 0.5) is 0 Å². The first-order chi connectivity index (χ1) is 14.8. The van der Waals surface area contributed by atoms with Crippen molar-refractivity contribution in [2.45, 2.75) is 30.3 Å². The summed E-state index contributed by atoms with van der Waals surface area (Å²) in [6, 6.07) is 25.2. The highest BCUT2D eigenvalue weighted by molar-refractivity contribution is 7.90. The van der Waals surface area contributed by atoms with Gasteiger partial charge in [0.05, 0.1) is 10.4 Å². The molecule has 1 aliphatic heterocycles. The van der Waals surface area contributed by atoms with Crippen molar-refractivity contribution in [1.29, 1.82) is 0 Å². The van der Waals surface area contributed by atoms with E-state index in [0.717, 1.165) is 11.1 Å². The van der Waals surface area contributed by atoms with Crippen molar-refractivity contribution in [1.82, 2.24) is 10.0 Å². The molecule has 0 spiro atoms. The van der Waals surface area contributed by atoms with Crippen LogP contribution in [0.2, 0.25) is 0 Å². The second kappa shape index (κ2) is 8.00. The van der Waals surface area contributed by atoms with Crippen molar-refractivity contribution in [3.05, 3.63) is 102 Å². The quantitative estimate of drug-likeness (QED) is 0.648. The summed E-state index contributed by atoms with van der Waals surface area (Å²) >= 11 is 0. The van der Waals surface area contributed by atoms with E-state index < -0.39 is 21.6 Å². The van der Waals surface area contributed by atoms with Crippen LogP contribution in [0.15, 0.2) is 94.8 Å². The average Bonchev–Trinajstić information content (AvgIpc) is 3.05. The highest BCUT2D eigenvalue weighted by Gasteiger charge is 2.34. The Morgan fingerprint density at radius 1 is 0.903 bits per heavy atom. The number of carbonyl (C=O) groups excluding carboxylic acids is 1. The number of hydrogen-bond acceptors (Lipinski definition) is 4. The molecule has 3 aromatic rings. The van der Waals surface area contributed by atoms with Crippen molar-refractivity contribution >= 4 is 21.8 Å². The van der Waals surface area contributed by atoms with Crippen LogP contribution in [0.1, 0.15) is 30.5 Å².